The third-order valence-electron chi connectivity index (χ3n) is 5.15. The molecule has 154 valence electrons. The first-order valence-electron chi connectivity index (χ1n) is 9.59. The lowest BCUT2D eigenvalue weighted by Crippen LogP contribution is -2.41. The molecule has 1 aliphatic rings. The molecule has 0 spiro atoms. The first-order chi connectivity index (χ1) is 13.9. The van der Waals surface area contributed by atoms with Crippen molar-refractivity contribution in [2.75, 3.05) is 37.0 Å². The Morgan fingerprint density at radius 1 is 1.21 bits per heavy atom. The lowest BCUT2D eigenvalue weighted by Gasteiger charge is -2.32. The molecule has 10 heteroatoms. The van der Waals surface area contributed by atoms with Gasteiger partial charge in [0.25, 0.3) is 5.56 Å². The summed E-state index contributed by atoms with van der Waals surface area (Å²) in [5.74, 6) is 0.606. The second kappa shape index (κ2) is 7.96. The van der Waals surface area contributed by atoms with E-state index in [9.17, 15) is 13.2 Å². The maximum absolute atomic E-state index is 12.5. The van der Waals surface area contributed by atoms with E-state index < -0.39 is 9.84 Å². The Hall–Kier alpha value is -2.72. The van der Waals surface area contributed by atoms with Gasteiger partial charge in [-0.3, -0.25) is 9.78 Å². The molecule has 2 aromatic heterocycles. The number of sulfone groups is 1. The number of rotatable bonds is 6. The molecular weight excluding hydrogens is 392 g/mol. The number of para-hydroxylation sites is 1. The van der Waals surface area contributed by atoms with E-state index in [2.05, 4.69) is 25.3 Å². The maximum Gasteiger partial charge on any atom is 0.263 e. The number of hydrogen-bond donors (Lipinski definition) is 2. The van der Waals surface area contributed by atoms with Gasteiger partial charge in [-0.15, -0.1) is 0 Å². The van der Waals surface area contributed by atoms with Crippen LogP contribution in [-0.4, -0.2) is 70.8 Å². The molecule has 0 atom stereocenters. The van der Waals surface area contributed by atoms with Crippen LogP contribution in [0.25, 0.3) is 16.7 Å². The summed E-state index contributed by atoms with van der Waals surface area (Å²) in [7, 11) is -2.95. The highest BCUT2D eigenvalue weighted by atomic mass is 32.2. The van der Waals surface area contributed by atoms with E-state index in [1.165, 1.54) is 12.5 Å². The normalized spacial score (nSPS) is 16.3. The van der Waals surface area contributed by atoms with Crippen LogP contribution in [0.15, 0.2) is 41.3 Å². The molecule has 1 saturated heterocycles. The number of fused-ring (bicyclic) bond motifs is 1. The Morgan fingerprint density at radius 2 is 1.93 bits per heavy atom. The van der Waals surface area contributed by atoms with Gasteiger partial charge in [-0.1, -0.05) is 18.2 Å². The van der Waals surface area contributed by atoms with Crippen LogP contribution in [0.3, 0.4) is 0 Å². The lowest BCUT2D eigenvalue weighted by atomic mass is 10.1. The van der Waals surface area contributed by atoms with Crippen molar-refractivity contribution in [1.82, 2.24) is 24.6 Å². The van der Waals surface area contributed by atoms with E-state index in [0.717, 1.165) is 31.6 Å². The molecule has 0 radical (unpaired) electrons. The number of likely N-dealkylation sites (tertiary alicyclic amines) is 1. The number of aromatic nitrogens is 4. The van der Waals surface area contributed by atoms with E-state index in [1.54, 1.807) is 4.68 Å². The zero-order chi connectivity index (χ0) is 20.4. The summed E-state index contributed by atoms with van der Waals surface area (Å²) in [6.07, 6.45) is 4.49. The van der Waals surface area contributed by atoms with Gasteiger partial charge in [0.15, 0.2) is 5.65 Å². The quantitative estimate of drug-likeness (QED) is 0.617. The fourth-order valence-corrected chi connectivity index (χ4v) is 4.12. The molecule has 4 rings (SSSR count). The zero-order valence-corrected chi connectivity index (χ0v) is 17.0. The molecule has 2 N–H and O–H groups in total. The summed E-state index contributed by atoms with van der Waals surface area (Å²) in [4.78, 5) is 22.0. The average molecular weight is 417 g/mol. The molecule has 0 aliphatic carbocycles. The van der Waals surface area contributed by atoms with Gasteiger partial charge in [-0.25, -0.2) is 13.1 Å². The molecule has 0 bridgehead atoms. The van der Waals surface area contributed by atoms with E-state index in [-0.39, 0.29) is 17.4 Å². The van der Waals surface area contributed by atoms with Gasteiger partial charge in [0.05, 0.1) is 17.6 Å². The van der Waals surface area contributed by atoms with Gasteiger partial charge < -0.3 is 10.2 Å². The number of nitrogens with zero attached hydrogens (tertiary/aromatic N) is 4. The van der Waals surface area contributed by atoms with Crippen LogP contribution in [0.5, 0.6) is 0 Å². The van der Waals surface area contributed by atoms with Crippen molar-refractivity contribution in [2.24, 2.45) is 0 Å². The number of hydrogen-bond acceptors (Lipinski definition) is 7. The van der Waals surface area contributed by atoms with Gasteiger partial charge in [0, 0.05) is 31.9 Å². The smallest absolute Gasteiger partial charge is 0.263 e. The van der Waals surface area contributed by atoms with Crippen LogP contribution in [-0.2, 0) is 9.84 Å². The van der Waals surface area contributed by atoms with Crippen molar-refractivity contribution in [3.8, 4) is 5.69 Å². The van der Waals surface area contributed by atoms with Crippen molar-refractivity contribution in [3.63, 3.8) is 0 Å². The summed E-state index contributed by atoms with van der Waals surface area (Å²) in [6.45, 7) is 2.17. The largest absolute Gasteiger partial charge is 0.353 e. The molecule has 0 unspecified atom stereocenters. The molecule has 29 heavy (non-hydrogen) atoms. The van der Waals surface area contributed by atoms with Gasteiger partial charge in [0.1, 0.15) is 15.2 Å². The number of nitrogens with one attached hydrogen (secondary N) is 2. The number of anilines is 1. The molecular formula is C19H24N6O3S. The minimum Gasteiger partial charge on any atom is -0.353 e. The topological polar surface area (TPSA) is 113 Å². The molecule has 0 amide bonds. The highest BCUT2D eigenvalue weighted by molar-refractivity contribution is 7.90. The fraction of sp³-hybridized carbons (Fsp3) is 0.421. The highest BCUT2D eigenvalue weighted by Gasteiger charge is 2.21. The number of piperidine rings is 1. The number of benzene rings is 1. The second-order valence-electron chi connectivity index (χ2n) is 7.43. The van der Waals surface area contributed by atoms with Gasteiger partial charge in [-0.2, -0.15) is 10.1 Å². The maximum atomic E-state index is 12.5. The van der Waals surface area contributed by atoms with Crippen LogP contribution in [0, 0.1) is 0 Å². The van der Waals surface area contributed by atoms with Gasteiger partial charge in [-0.05, 0) is 25.0 Å². The average Bonchev–Trinajstić information content (AvgIpc) is 3.12. The Kier molecular flexibility index (Phi) is 5.37. The Morgan fingerprint density at radius 3 is 2.62 bits per heavy atom. The second-order valence-corrected chi connectivity index (χ2v) is 9.69. The monoisotopic (exact) mass is 416 g/mol. The Balaban J connectivity index is 1.47. The SMILES string of the molecule is CS(=O)(=O)CCN1CCC(Nc2nc3c(cnn3-c3ccccc3)c(=O)[nH]2)CC1. The molecule has 3 heterocycles. The summed E-state index contributed by atoms with van der Waals surface area (Å²) in [5, 5.41) is 8.08. The third kappa shape index (κ3) is 4.65. The molecule has 1 fully saturated rings. The predicted molar refractivity (Wildman–Crippen MR) is 112 cm³/mol. The Labute approximate surface area is 168 Å². The van der Waals surface area contributed by atoms with E-state index in [0.29, 0.717) is 23.5 Å². The summed E-state index contributed by atoms with van der Waals surface area (Å²) >= 11 is 0. The predicted octanol–water partition coefficient (Wildman–Crippen LogP) is 1.03. The van der Waals surface area contributed by atoms with Crippen LogP contribution in [0.4, 0.5) is 5.95 Å². The van der Waals surface area contributed by atoms with Crippen molar-refractivity contribution < 1.29 is 8.42 Å². The molecule has 3 aromatic rings. The summed E-state index contributed by atoms with van der Waals surface area (Å²) in [6, 6.07) is 9.73. The molecule has 0 saturated carbocycles. The molecule has 1 aliphatic heterocycles. The van der Waals surface area contributed by atoms with Crippen LogP contribution < -0.4 is 10.9 Å². The number of H-pyrrole nitrogens is 1. The third-order valence-corrected chi connectivity index (χ3v) is 6.07. The minimum absolute atomic E-state index is 0.165. The van der Waals surface area contributed by atoms with E-state index >= 15 is 0 Å². The lowest BCUT2D eigenvalue weighted by molar-refractivity contribution is 0.230. The van der Waals surface area contributed by atoms with Crippen LogP contribution >= 0.6 is 0 Å². The molecule has 9 nitrogen and oxygen atoms in total. The first-order valence-corrected chi connectivity index (χ1v) is 11.7. The highest BCUT2D eigenvalue weighted by Crippen LogP contribution is 2.17. The van der Waals surface area contributed by atoms with Crippen molar-refractivity contribution in [3.05, 3.63) is 46.9 Å². The first kappa shape index (κ1) is 19.6. The standard InChI is InChI=1S/C19H24N6O3S/c1-29(27,28)12-11-24-9-7-14(8-10-24)21-19-22-17-16(18(26)23-19)13-20-25(17)15-5-3-2-4-6-15/h2-6,13-14H,7-12H2,1H3,(H2,21,22,23,26). The van der Waals surface area contributed by atoms with E-state index in [4.69, 9.17) is 0 Å². The van der Waals surface area contributed by atoms with Crippen LogP contribution in [0.1, 0.15) is 12.8 Å². The van der Waals surface area contributed by atoms with Crippen molar-refractivity contribution >= 4 is 26.8 Å². The van der Waals surface area contributed by atoms with Gasteiger partial charge in [0.2, 0.25) is 5.95 Å². The number of aromatic amines is 1. The Bertz CT molecular complexity index is 1150. The zero-order valence-electron chi connectivity index (χ0n) is 16.2. The van der Waals surface area contributed by atoms with Crippen molar-refractivity contribution in [2.45, 2.75) is 18.9 Å². The van der Waals surface area contributed by atoms with Crippen molar-refractivity contribution in [1.29, 1.82) is 0 Å². The van der Waals surface area contributed by atoms with Crippen LogP contribution in [0.2, 0.25) is 0 Å². The fourth-order valence-electron chi connectivity index (χ4n) is 3.53. The summed E-state index contributed by atoms with van der Waals surface area (Å²) in [5.41, 5.74) is 1.11. The minimum atomic E-state index is -2.95. The van der Waals surface area contributed by atoms with E-state index in [1.807, 2.05) is 30.3 Å². The molecule has 1 aromatic carbocycles. The van der Waals surface area contributed by atoms with Gasteiger partial charge >= 0.3 is 0 Å². The summed E-state index contributed by atoms with van der Waals surface area (Å²) < 4.78 is 24.3.